The van der Waals surface area contributed by atoms with Crippen LogP contribution >= 0.6 is 22.6 Å². The van der Waals surface area contributed by atoms with E-state index in [0.29, 0.717) is 11.5 Å². The van der Waals surface area contributed by atoms with Crippen LogP contribution in [0.1, 0.15) is 57.4 Å². The van der Waals surface area contributed by atoms with Crippen LogP contribution in [0.25, 0.3) is 0 Å². The highest BCUT2D eigenvalue weighted by Gasteiger charge is 2.38. The molecule has 1 aromatic rings. The monoisotopic (exact) mass is 345 g/mol. The van der Waals surface area contributed by atoms with Crippen molar-refractivity contribution in [3.8, 4) is 0 Å². The molecule has 17 heavy (non-hydrogen) atoms. The molecule has 0 saturated heterocycles. The van der Waals surface area contributed by atoms with Crippen molar-refractivity contribution in [3.63, 3.8) is 0 Å². The molecule has 1 heterocycles. The van der Waals surface area contributed by atoms with Crippen LogP contribution in [0.5, 0.6) is 0 Å². The van der Waals surface area contributed by atoms with Gasteiger partial charge in [-0.05, 0) is 66.5 Å². The molecule has 2 fully saturated rings. The maximum Gasteiger partial charge on any atom is 0.135 e. The van der Waals surface area contributed by atoms with Crippen LogP contribution in [0.3, 0.4) is 0 Å². The summed E-state index contributed by atoms with van der Waals surface area (Å²) in [6.45, 7) is 0. The van der Waals surface area contributed by atoms with E-state index in [9.17, 15) is 0 Å². The molecular formula is C13H20IN3. The molecule has 0 radical (unpaired) electrons. The van der Waals surface area contributed by atoms with Crippen LogP contribution in [0.4, 0.5) is 5.82 Å². The van der Waals surface area contributed by atoms with E-state index < -0.39 is 0 Å². The summed E-state index contributed by atoms with van der Waals surface area (Å²) in [5, 5.41) is 4.44. The van der Waals surface area contributed by atoms with Gasteiger partial charge in [0.2, 0.25) is 0 Å². The minimum atomic E-state index is 0.546. The van der Waals surface area contributed by atoms with Crippen molar-refractivity contribution in [1.82, 2.24) is 9.78 Å². The number of aromatic nitrogens is 2. The topological polar surface area (TPSA) is 43.8 Å². The van der Waals surface area contributed by atoms with Gasteiger partial charge in [-0.15, -0.1) is 0 Å². The molecule has 0 atom stereocenters. The van der Waals surface area contributed by atoms with Crippen LogP contribution in [0, 0.1) is 8.99 Å². The van der Waals surface area contributed by atoms with Gasteiger partial charge in [-0.25, -0.2) is 4.68 Å². The second-order valence-corrected chi connectivity index (χ2v) is 6.92. The Morgan fingerprint density at radius 1 is 1.24 bits per heavy atom. The number of halogens is 1. The number of hydrogen-bond acceptors (Lipinski definition) is 2. The average Bonchev–Trinajstić information content (AvgIpc) is 2.91. The molecule has 0 aliphatic heterocycles. The summed E-state index contributed by atoms with van der Waals surface area (Å²) in [5.74, 6) is 0.859. The first kappa shape index (κ1) is 11.8. The molecule has 0 amide bonds. The lowest BCUT2D eigenvalue weighted by Crippen LogP contribution is -2.27. The number of rotatable bonds is 1. The summed E-state index contributed by atoms with van der Waals surface area (Å²) in [5.41, 5.74) is 6.77. The molecule has 2 aliphatic rings. The third-order valence-electron chi connectivity index (χ3n) is 4.81. The van der Waals surface area contributed by atoms with Crippen molar-refractivity contribution in [3.05, 3.63) is 9.77 Å². The van der Waals surface area contributed by atoms with Gasteiger partial charge in [0.05, 0.1) is 15.8 Å². The number of nitrogens with two attached hydrogens (primary N) is 1. The van der Waals surface area contributed by atoms with Crippen molar-refractivity contribution in [2.45, 2.75) is 57.4 Å². The van der Waals surface area contributed by atoms with Gasteiger partial charge in [0.1, 0.15) is 5.82 Å². The Kier molecular flexibility index (Phi) is 3.09. The highest BCUT2D eigenvalue weighted by molar-refractivity contribution is 14.1. The number of nitrogen functional groups attached to an aromatic ring is 1. The molecule has 0 unspecified atom stereocenters. The predicted molar refractivity (Wildman–Crippen MR) is 77.8 cm³/mol. The fourth-order valence-corrected chi connectivity index (χ4v) is 4.10. The first-order valence-electron chi connectivity index (χ1n) is 6.69. The highest BCUT2D eigenvalue weighted by Crippen LogP contribution is 2.51. The van der Waals surface area contributed by atoms with Crippen molar-refractivity contribution >= 4 is 28.4 Å². The summed E-state index contributed by atoms with van der Waals surface area (Å²) in [6, 6.07) is 0.546. The van der Waals surface area contributed by atoms with E-state index in [1.165, 1.54) is 51.4 Å². The third kappa shape index (κ3) is 2.09. The molecular weight excluding hydrogens is 325 g/mol. The van der Waals surface area contributed by atoms with Crippen LogP contribution in [0.15, 0.2) is 6.20 Å². The second-order valence-electron chi connectivity index (χ2n) is 5.76. The lowest BCUT2D eigenvalue weighted by molar-refractivity contribution is 0.153. The van der Waals surface area contributed by atoms with Gasteiger partial charge >= 0.3 is 0 Å². The van der Waals surface area contributed by atoms with Gasteiger partial charge in [0.25, 0.3) is 0 Å². The normalized spacial score (nSPS) is 24.5. The molecule has 2 saturated carbocycles. The Bertz CT molecular complexity index is 397. The molecule has 2 aliphatic carbocycles. The molecule has 1 aromatic heterocycles. The first-order chi connectivity index (χ1) is 8.20. The Morgan fingerprint density at radius 2 is 1.88 bits per heavy atom. The van der Waals surface area contributed by atoms with Gasteiger partial charge < -0.3 is 5.73 Å². The minimum Gasteiger partial charge on any atom is -0.383 e. The molecule has 3 rings (SSSR count). The van der Waals surface area contributed by atoms with E-state index in [2.05, 4.69) is 32.4 Å². The minimum absolute atomic E-state index is 0.546. The molecule has 94 valence electrons. The Hall–Kier alpha value is -0.260. The summed E-state index contributed by atoms with van der Waals surface area (Å²) in [7, 11) is 0. The van der Waals surface area contributed by atoms with E-state index in [-0.39, 0.29) is 0 Å². The van der Waals surface area contributed by atoms with Crippen molar-refractivity contribution < 1.29 is 0 Å². The van der Waals surface area contributed by atoms with Gasteiger partial charge in [0, 0.05) is 0 Å². The maximum absolute atomic E-state index is 6.07. The maximum atomic E-state index is 6.07. The van der Waals surface area contributed by atoms with Gasteiger partial charge in [-0.2, -0.15) is 5.10 Å². The molecule has 1 spiro atoms. The van der Waals surface area contributed by atoms with Crippen molar-refractivity contribution in [2.24, 2.45) is 5.41 Å². The quantitative estimate of drug-likeness (QED) is 0.788. The van der Waals surface area contributed by atoms with E-state index in [0.717, 1.165) is 9.39 Å². The lowest BCUT2D eigenvalue weighted by atomic mass is 9.71. The summed E-state index contributed by atoms with van der Waals surface area (Å²) < 4.78 is 3.15. The van der Waals surface area contributed by atoms with Gasteiger partial charge in [-0.3, -0.25) is 0 Å². The van der Waals surface area contributed by atoms with E-state index in [1.807, 2.05) is 6.20 Å². The zero-order valence-corrected chi connectivity index (χ0v) is 12.3. The second kappa shape index (κ2) is 4.44. The van der Waals surface area contributed by atoms with Crippen LogP contribution in [-0.4, -0.2) is 9.78 Å². The molecule has 3 nitrogen and oxygen atoms in total. The fourth-order valence-electron chi connectivity index (χ4n) is 3.73. The number of nitrogens with zero attached hydrogens (tertiary/aromatic N) is 2. The Labute approximate surface area is 116 Å². The molecule has 0 bridgehead atoms. The zero-order valence-electron chi connectivity index (χ0n) is 10.2. The van der Waals surface area contributed by atoms with Crippen molar-refractivity contribution in [1.29, 1.82) is 0 Å². The standard InChI is InChI=1S/C13H20IN3/c14-11-9-16-17(12(11)15)10-3-7-13(8-4-10)5-1-2-6-13/h9-10H,1-8,15H2. The third-order valence-corrected chi connectivity index (χ3v) is 5.64. The van der Waals surface area contributed by atoms with E-state index in [4.69, 9.17) is 5.73 Å². The van der Waals surface area contributed by atoms with Gasteiger partial charge in [0.15, 0.2) is 0 Å². The molecule has 0 aromatic carbocycles. The molecule has 2 N–H and O–H groups in total. The number of hydrogen-bond donors (Lipinski definition) is 1. The van der Waals surface area contributed by atoms with E-state index in [1.54, 1.807) is 0 Å². The summed E-state index contributed by atoms with van der Waals surface area (Å²) >= 11 is 2.26. The lowest BCUT2D eigenvalue weighted by Gasteiger charge is -2.37. The zero-order chi connectivity index (χ0) is 11.9. The Balaban J connectivity index is 1.71. The first-order valence-corrected chi connectivity index (χ1v) is 7.77. The fraction of sp³-hybridized carbons (Fsp3) is 0.769. The average molecular weight is 345 g/mol. The van der Waals surface area contributed by atoms with Crippen molar-refractivity contribution in [2.75, 3.05) is 5.73 Å². The molecule has 4 heteroatoms. The Morgan fingerprint density at radius 3 is 2.41 bits per heavy atom. The summed E-state index contributed by atoms with van der Waals surface area (Å²) in [6.07, 6.45) is 13.0. The van der Waals surface area contributed by atoms with Crippen LogP contribution in [-0.2, 0) is 0 Å². The van der Waals surface area contributed by atoms with Crippen LogP contribution < -0.4 is 5.73 Å². The SMILES string of the molecule is Nc1c(I)cnn1C1CCC2(CCCC2)CC1. The van der Waals surface area contributed by atoms with Gasteiger partial charge in [-0.1, -0.05) is 12.8 Å². The van der Waals surface area contributed by atoms with E-state index >= 15 is 0 Å². The largest absolute Gasteiger partial charge is 0.383 e. The summed E-state index contributed by atoms with van der Waals surface area (Å²) in [4.78, 5) is 0. The van der Waals surface area contributed by atoms with Crippen LogP contribution in [0.2, 0.25) is 0 Å². The number of anilines is 1. The highest BCUT2D eigenvalue weighted by atomic mass is 127. The smallest absolute Gasteiger partial charge is 0.135 e. The predicted octanol–water partition coefficient (Wildman–Crippen LogP) is 3.75.